The smallest absolute Gasteiger partial charge is 0.250 e. The largest absolute Gasteiger partial charge is 0.461 e. The van der Waals surface area contributed by atoms with Crippen LogP contribution in [0.15, 0.2) is 22.6 Å². The molecule has 2 heterocycles. The number of hydrogen-bond donors (Lipinski definition) is 1. The summed E-state index contributed by atoms with van der Waals surface area (Å²) in [6, 6.07) is 3.87. The summed E-state index contributed by atoms with van der Waals surface area (Å²) in [5, 5.41) is 11.7. The maximum Gasteiger partial charge on any atom is 0.250 e. The van der Waals surface area contributed by atoms with Crippen LogP contribution < -0.4 is 5.32 Å². The first-order valence-electron chi connectivity index (χ1n) is 6.51. The van der Waals surface area contributed by atoms with E-state index in [9.17, 15) is 4.79 Å². The van der Waals surface area contributed by atoms with Gasteiger partial charge in [0.1, 0.15) is 16.5 Å². The number of hydrogen-bond acceptors (Lipinski definition) is 5. The SMILES string of the molecule is Cc1nnc(NC(=O)/C=C/c2ccc(C3CC3C)o2)s1. The van der Waals surface area contributed by atoms with E-state index in [4.69, 9.17) is 4.42 Å². The molecule has 0 saturated heterocycles. The van der Waals surface area contributed by atoms with E-state index in [1.54, 1.807) is 6.08 Å². The number of rotatable bonds is 4. The average Bonchev–Trinajstić information content (AvgIpc) is 2.82. The Morgan fingerprint density at radius 2 is 2.30 bits per heavy atom. The zero-order valence-electron chi connectivity index (χ0n) is 11.3. The molecule has 2 aromatic heterocycles. The second kappa shape index (κ2) is 5.20. The van der Waals surface area contributed by atoms with Gasteiger partial charge in [-0.25, -0.2) is 0 Å². The third kappa shape index (κ3) is 2.96. The van der Waals surface area contributed by atoms with E-state index in [1.165, 1.54) is 23.8 Å². The highest BCUT2D eigenvalue weighted by atomic mass is 32.1. The Balaban J connectivity index is 1.59. The number of furan rings is 1. The molecule has 104 valence electrons. The molecule has 1 amide bonds. The number of nitrogens with one attached hydrogen (secondary N) is 1. The van der Waals surface area contributed by atoms with Crippen molar-refractivity contribution in [3.63, 3.8) is 0 Å². The predicted octanol–water partition coefficient (Wildman–Crippen LogP) is 3.21. The van der Waals surface area contributed by atoms with Crippen molar-refractivity contribution in [3.05, 3.63) is 34.7 Å². The molecule has 1 N–H and O–H groups in total. The fraction of sp³-hybridized carbons (Fsp3) is 0.357. The standard InChI is InChI=1S/C14H15N3O2S/c1-8-7-11(8)12-5-3-10(19-12)4-6-13(18)15-14-17-16-9(2)20-14/h3-6,8,11H,7H2,1-2H3,(H,15,17,18)/b6-4+. The Bertz CT molecular complexity index is 659. The van der Waals surface area contributed by atoms with Crippen LogP contribution in [0.2, 0.25) is 0 Å². The summed E-state index contributed by atoms with van der Waals surface area (Å²) < 4.78 is 5.69. The van der Waals surface area contributed by atoms with Gasteiger partial charge in [-0.1, -0.05) is 18.3 Å². The number of aryl methyl sites for hydroxylation is 1. The summed E-state index contributed by atoms with van der Waals surface area (Å²) in [5.41, 5.74) is 0. The van der Waals surface area contributed by atoms with Crippen molar-refractivity contribution >= 4 is 28.5 Å². The van der Waals surface area contributed by atoms with Gasteiger partial charge >= 0.3 is 0 Å². The molecule has 1 saturated carbocycles. The highest BCUT2D eigenvalue weighted by Gasteiger charge is 2.36. The zero-order chi connectivity index (χ0) is 14.1. The van der Waals surface area contributed by atoms with Crippen LogP contribution in [0.1, 0.15) is 35.8 Å². The molecule has 2 aromatic rings. The predicted molar refractivity (Wildman–Crippen MR) is 77.5 cm³/mol. The second-order valence-electron chi connectivity index (χ2n) is 5.01. The zero-order valence-corrected chi connectivity index (χ0v) is 12.1. The van der Waals surface area contributed by atoms with Crippen LogP contribution in [-0.4, -0.2) is 16.1 Å². The van der Waals surface area contributed by atoms with Crippen LogP contribution in [0.4, 0.5) is 5.13 Å². The van der Waals surface area contributed by atoms with E-state index in [1.807, 2.05) is 19.1 Å². The Labute approximate surface area is 120 Å². The highest BCUT2D eigenvalue weighted by Crippen LogP contribution is 2.47. The number of nitrogens with zero attached hydrogens (tertiary/aromatic N) is 2. The van der Waals surface area contributed by atoms with Crippen LogP contribution in [0.5, 0.6) is 0 Å². The van der Waals surface area contributed by atoms with E-state index in [0.717, 1.165) is 10.8 Å². The van der Waals surface area contributed by atoms with Crippen LogP contribution in [0, 0.1) is 12.8 Å². The van der Waals surface area contributed by atoms with E-state index < -0.39 is 0 Å². The summed E-state index contributed by atoms with van der Waals surface area (Å²) in [6.07, 6.45) is 4.29. The van der Waals surface area contributed by atoms with Gasteiger partial charge in [-0.05, 0) is 37.5 Å². The summed E-state index contributed by atoms with van der Waals surface area (Å²) in [5.74, 6) is 2.73. The van der Waals surface area contributed by atoms with Crippen molar-refractivity contribution < 1.29 is 9.21 Å². The monoisotopic (exact) mass is 289 g/mol. The molecular weight excluding hydrogens is 274 g/mol. The lowest BCUT2D eigenvalue weighted by molar-refractivity contribution is -0.111. The van der Waals surface area contributed by atoms with Gasteiger partial charge in [0.2, 0.25) is 11.0 Å². The first kappa shape index (κ1) is 13.1. The van der Waals surface area contributed by atoms with Gasteiger partial charge in [-0.15, -0.1) is 10.2 Å². The molecule has 1 aliphatic carbocycles. The Hall–Kier alpha value is -1.95. The molecular formula is C14H15N3O2S. The summed E-state index contributed by atoms with van der Waals surface area (Å²) >= 11 is 1.34. The third-order valence-electron chi connectivity index (χ3n) is 3.28. The van der Waals surface area contributed by atoms with E-state index >= 15 is 0 Å². The van der Waals surface area contributed by atoms with Crippen molar-refractivity contribution in [2.75, 3.05) is 5.32 Å². The molecule has 0 spiro atoms. The first-order valence-corrected chi connectivity index (χ1v) is 7.32. The number of amides is 1. The minimum Gasteiger partial charge on any atom is -0.461 e. The summed E-state index contributed by atoms with van der Waals surface area (Å²) in [4.78, 5) is 11.7. The van der Waals surface area contributed by atoms with E-state index in [2.05, 4.69) is 22.4 Å². The van der Waals surface area contributed by atoms with Gasteiger partial charge in [-0.2, -0.15) is 0 Å². The molecule has 0 aliphatic heterocycles. The lowest BCUT2D eigenvalue weighted by atomic mass is 10.3. The molecule has 0 bridgehead atoms. The third-order valence-corrected chi connectivity index (χ3v) is 4.03. The van der Waals surface area contributed by atoms with Crippen molar-refractivity contribution in [2.45, 2.75) is 26.2 Å². The van der Waals surface area contributed by atoms with Crippen LogP contribution in [0.25, 0.3) is 6.08 Å². The minimum absolute atomic E-state index is 0.237. The molecule has 1 aliphatic rings. The number of anilines is 1. The Kier molecular flexibility index (Phi) is 3.40. The summed E-state index contributed by atoms with van der Waals surface area (Å²) in [6.45, 7) is 4.05. The van der Waals surface area contributed by atoms with Gasteiger partial charge in [0.25, 0.3) is 0 Å². The molecule has 3 rings (SSSR count). The highest BCUT2D eigenvalue weighted by molar-refractivity contribution is 7.15. The quantitative estimate of drug-likeness (QED) is 0.877. The van der Waals surface area contributed by atoms with E-state index in [0.29, 0.717) is 22.7 Å². The molecule has 20 heavy (non-hydrogen) atoms. The molecule has 0 radical (unpaired) electrons. The fourth-order valence-electron chi connectivity index (χ4n) is 2.03. The molecule has 2 atom stereocenters. The maximum absolute atomic E-state index is 11.7. The van der Waals surface area contributed by atoms with Gasteiger partial charge in [-0.3, -0.25) is 10.1 Å². The molecule has 2 unspecified atom stereocenters. The first-order chi connectivity index (χ1) is 9.61. The van der Waals surface area contributed by atoms with Crippen molar-refractivity contribution in [3.8, 4) is 0 Å². The van der Waals surface area contributed by atoms with Gasteiger partial charge in [0.05, 0.1) is 0 Å². The number of aromatic nitrogens is 2. The molecule has 6 heteroatoms. The average molecular weight is 289 g/mol. The van der Waals surface area contributed by atoms with Gasteiger partial charge < -0.3 is 4.42 Å². The normalized spacial score (nSPS) is 21.3. The molecule has 1 fully saturated rings. The Morgan fingerprint density at radius 1 is 1.50 bits per heavy atom. The molecule has 0 aromatic carbocycles. The second-order valence-corrected chi connectivity index (χ2v) is 6.19. The lowest BCUT2D eigenvalue weighted by Crippen LogP contribution is -2.07. The van der Waals surface area contributed by atoms with Gasteiger partial charge in [0.15, 0.2) is 0 Å². The van der Waals surface area contributed by atoms with Crippen molar-refractivity contribution in [2.24, 2.45) is 5.92 Å². The Morgan fingerprint density at radius 3 is 2.95 bits per heavy atom. The maximum atomic E-state index is 11.7. The van der Waals surface area contributed by atoms with Crippen LogP contribution >= 0.6 is 11.3 Å². The minimum atomic E-state index is -0.237. The van der Waals surface area contributed by atoms with Gasteiger partial charge in [0, 0.05) is 12.0 Å². The van der Waals surface area contributed by atoms with Crippen LogP contribution in [0.3, 0.4) is 0 Å². The summed E-state index contributed by atoms with van der Waals surface area (Å²) in [7, 11) is 0. The van der Waals surface area contributed by atoms with Crippen molar-refractivity contribution in [1.82, 2.24) is 10.2 Å². The van der Waals surface area contributed by atoms with Crippen molar-refractivity contribution in [1.29, 1.82) is 0 Å². The number of carbonyl (C=O) groups is 1. The topological polar surface area (TPSA) is 68.0 Å². The molecule has 5 nitrogen and oxygen atoms in total. The lowest BCUT2D eigenvalue weighted by Gasteiger charge is -1.93. The fourth-order valence-corrected chi connectivity index (χ4v) is 2.62. The number of carbonyl (C=O) groups excluding carboxylic acids is 1. The van der Waals surface area contributed by atoms with E-state index in [-0.39, 0.29) is 5.91 Å². The van der Waals surface area contributed by atoms with Crippen LogP contribution in [-0.2, 0) is 4.79 Å².